The first-order chi connectivity index (χ1) is 14.3. The molecule has 0 aliphatic carbocycles. The van der Waals surface area contributed by atoms with Gasteiger partial charge in [-0.2, -0.15) is 0 Å². The topological polar surface area (TPSA) is 48.9 Å². The third-order valence-electron chi connectivity index (χ3n) is 5.09. The predicted octanol–water partition coefficient (Wildman–Crippen LogP) is 3.92. The molecule has 3 rings (SSSR count). The molecule has 0 unspecified atom stereocenters. The summed E-state index contributed by atoms with van der Waals surface area (Å²) in [4.78, 5) is 7.22. The van der Waals surface area contributed by atoms with Crippen LogP contribution in [-0.4, -0.2) is 51.4 Å². The third kappa shape index (κ3) is 7.71. The van der Waals surface area contributed by atoms with Crippen molar-refractivity contribution in [2.75, 3.05) is 44.3 Å². The first-order valence-electron chi connectivity index (χ1n) is 10.8. The highest BCUT2D eigenvalue weighted by Crippen LogP contribution is 2.24. The van der Waals surface area contributed by atoms with E-state index in [1.807, 2.05) is 17.4 Å². The molecule has 1 saturated heterocycles. The standard InChI is InChI=1S/C23H34N4OS/c1-2-24-23(25-14-7-17-28-18-13-20-8-4-3-5-9-20)26-21-11-15-27(16-12-21)22-10-6-19-29-22/h3-6,8-10,19,21H,2,7,11-18H2,1H3,(H2,24,25,26). The lowest BCUT2D eigenvalue weighted by molar-refractivity contribution is 0.136. The van der Waals surface area contributed by atoms with Crippen molar-refractivity contribution in [1.29, 1.82) is 0 Å². The quantitative estimate of drug-likeness (QED) is 0.351. The van der Waals surface area contributed by atoms with Crippen LogP contribution in [0, 0.1) is 0 Å². The van der Waals surface area contributed by atoms with Crippen molar-refractivity contribution in [3.8, 4) is 0 Å². The van der Waals surface area contributed by atoms with E-state index in [9.17, 15) is 0 Å². The molecule has 2 heterocycles. The van der Waals surface area contributed by atoms with Gasteiger partial charge in [0.15, 0.2) is 5.96 Å². The van der Waals surface area contributed by atoms with Gasteiger partial charge in [0.2, 0.25) is 0 Å². The molecule has 0 radical (unpaired) electrons. The molecule has 158 valence electrons. The number of nitrogens with zero attached hydrogens (tertiary/aromatic N) is 2. The molecular formula is C23H34N4OS. The molecule has 1 fully saturated rings. The van der Waals surface area contributed by atoms with Gasteiger partial charge < -0.3 is 20.3 Å². The second kappa shape index (κ2) is 12.5. The van der Waals surface area contributed by atoms with Crippen LogP contribution in [0.3, 0.4) is 0 Å². The molecule has 0 amide bonds. The maximum Gasteiger partial charge on any atom is 0.191 e. The lowest BCUT2D eigenvalue weighted by Gasteiger charge is -2.33. The summed E-state index contributed by atoms with van der Waals surface area (Å²) in [6.45, 7) is 7.52. The molecule has 5 nitrogen and oxygen atoms in total. The van der Waals surface area contributed by atoms with E-state index in [-0.39, 0.29) is 0 Å². The van der Waals surface area contributed by atoms with Crippen LogP contribution in [0.5, 0.6) is 0 Å². The fourth-order valence-corrected chi connectivity index (χ4v) is 4.29. The second-order valence-electron chi connectivity index (χ2n) is 7.32. The summed E-state index contributed by atoms with van der Waals surface area (Å²) in [7, 11) is 0. The van der Waals surface area contributed by atoms with E-state index in [2.05, 4.69) is 64.2 Å². The van der Waals surface area contributed by atoms with Gasteiger partial charge in [-0.3, -0.25) is 4.99 Å². The highest BCUT2D eigenvalue weighted by atomic mass is 32.1. The fourth-order valence-electron chi connectivity index (χ4n) is 3.50. The summed E-state index contributed by atoms with van der Waals surface area (Å²) >= 11 is 1.83. The number of anilines is 1. The van der Waals surface area contributed by atoms with Crippen LogP contribution >= 0.6 is 11.3 Å². The lowest BCUT2D eigenvalue weighted by atomic mass is 10.1. The van der Waals surface area contributed by atoms with Crippen molar-refractivity contribution in [1.82, 2.24) is 10.6 Å². The van der Waals surface area contributed by atoms with E-state index < -0.39 is 0 Å². The summed E-state index contributed by atoms with van der Waals surface area (Å²) in [5.74, 6) is 0.936. The van der Waals surface area contributed by atoms with Crippen LogP contribution in [0.2, 0.25) is 0 Å². The Balaban J connectivity index is 1.31. The van der Waals surface area contributed by atoms with Crippen molar-refractivity contribution in [2.45, 2.75) is 38.6 Å². The number of hydrogen-bond acceptors (Lipinski definition) is 4. The molecule has 2 N–H and O–H groups in total. The molecule has 1 aliphatic rings. The van der Waals surface area contributed by atoms with E-state index in [1.165, 1.54) is 10.6 Å². The minimum atomic E-state index is 0.492. The summed E-state index contributed by atoms with van der Waals surface area (Å²) in [5, 5.41) is 10.5. The maximum absolute atomic E-state index is 5.76. The molecule has 1 aliphatic heterocycles. The van der Waals surface area contributed by atoms with E-state index in [1.54, 1.807) is 0 Å². The Morgan fingerprint density at radius 1 is 1.14 bits per heavy atom. The van der Waals surface area contributed by atoms with E-state index in [0.29, 0.717) is 6.04 Å². The highest BCUT2D eigenvalue weighted by Gasteiger charge is 2.20. The molecule has 0 atom stereocenters. The van der Waals surface area contributed by atoms with Gasteiger partial charge in [0.05, 0.1) is 11.6 Å². The van der Waals surface area contributed by atoms with Gasteiger partial charge in [-0.05, 0) is 55.7 Å². The Kier molecular flexibility index (Phi) is 9.33. The van der Waals surface area contributed by atoms with Crippen LogP contribution in [0.25, 0.3) is 0 Å². The number of rotatable bonds is 10. The first-order valence-corrected chi connectivity index (χ1v) is 11.7. The number of hydrogen-bond donors (Lipinski definition) is 2. The number of piperidine rings is 1. The number of benzene rings is 1. The van der Waals surface area contributed by atoms with Crippen molar-refractivity contribution >= 4 is 22.3 Å². The number of ether oxygens (including phenoxy) is 1. The molecule has 6 heteroatoms. The van der Waals surface area contributed by atoms with Crippen LogP contribution in [0.15, 0.2) is 52.8 Å². The second-order valence-corrected chi connectivity index (χ2v) is 8.25. The van der Waals surface area contributed by atoms with Gasteiger partial charge in [0.25, 0.3) is 0 Å². The van der Waals surface area contributed by atoms with Crippen molar-refractivity contribution < 1.29 is 4.74 Å². The van der Waals surface area contributed by atoms with Crippen molar-refractivity contribution in [2.24, 2.45) is 4.99 Å². The zero-order valence-corrected chi connectivity index (χ0v) is 18.3. The zero-order valence-electron chi connectivity index (χ0n) is 17.5. The Morgan fingerprint density at radius 2 is 1.97 bits per heavy atom. The summed E-state index contributed by atoms with van der Waals surface area (Å²) in [6, 6.07) is 15.3. The number of nitrogens with one attached hydrogen (secondary N) is 2. The Morgan fingerprint density at radius 3 is 2.69 bits per heavy atom. The molecule has 1 aromatic heterocycles. The van der Waals surface area contributed by atoms with Gasteiger partial charge in [0, 0.05) is 38.8 Å². The molecule has 29 heavy (non-hydrogen) atoms. The van der Waals surface area contributed by atoms with E-state index >= 15 is 0 Å². The monoisotopic (exact) mass is 414 g/mol. The third-order valence-corrected chi connectivity index (χ3v) is 6.02. The lowest BCUT2D eigenvalue weighted by Crippen LogP contribution is -2.48. The summed E-state index contributed by atoms with van der Waals surface area (Å²) in [6.07, 6.45) is 4.20. The van der Waals surface area contributed by atoms with Crippen LogP contribution in [0.4, 0.5) is 5.00 Å². The zero-order chi connectivity index (χ0) is 20.2. The first kappa shape index (κ1) is 21.7. The summed E-state index contributed by atoms with van der Waals surface area (Å²) < 4.78 is 5.76. The van der Waals surface area contributed by atoms with Gasteiger partial charge >= 0.3 is 0 Å². The minimum Gasteiger partial charge on any atom is -0.381 e. The van der Waals surface area contributed by atoms with Gasteiger partial charge in [0.1, 0.15) is 0 Å². The number of aliphatic imine (C=N–C) groups is 1. The highest BCUT2D eigenvalue weighted by molar-refractivity contribution is 7.14. The largest absolute Gasteiger partial charge is 0.381 e. The molecule has 0 saturated carbocycles. The van der Waals surface area contributed by atoms with Gasteiger partial charge in [-0.15, -0.1) is 11.3 Å². The SMILES string of the molecule is CCNC(=NCCCOCCc1ccccc1)NC1CCN(c2cccs2)CC1. The van der Waals surface area contributed by atoms with E-state index in [0.717, 1.165) is 71.0 Å². The van der Waals surface area contributed by atoms with Crippen molar-refractivity contribution in [3.63, 3.8) is 0 Å². The number of thiophene rings is 1. The normalized spacial score (nSPS) is 15.5. The predicted molar refractivity (Wildman–Crippen MR) is 124 cm³/mol. The van der Waals surface area contributed by atoms with Gasteiger partial charge in [-0.25, -0.2) is 0 Å². The summed E-state index contributed by atoms with van der Waals surface area (Å²) in [5.41, 5.74) is 1.33. The molecule has 0 spiro atoms. The average Bonchev–Trinajstić information content (AvgIpc) is 3.29. The Bertz CT molecular complexity index is 697. The van der Waals surface area contributed by atoms with Crippen molar-refractivity contribution in [3.05, 3.63) is 53.4 Å². The molecule has 1 aromatic carbocycles. The van der Waals surface area contributed by atoms with Crippen LogP contribution in [-0.2, 0) is 11.2 Å². The average molecular weight is 415 g/mol. The van der Waals surface area contributed by atoms with Gasteiger partial charge in [-0.1, -0.05) is 30.3 Å². The minimum absolute atomic E-state index is 0.492. The van der Waals surface area contributed by atoms with Crippen LogP contribution < -0.4 is 15.5 Å². The molecule has 2 aromatic rings. The Labute approximate surface area is 179 Å². The molecule has 0 bridgehead atoms. The smallest absolute Gasteiger partial charge is 0.191 e. The number of guanidine groups is 1. The fraction of sp³-hybridized carbons (Fsp3) is 0.522. The maximum atomic E-state index is 5.76. The van der Waals surface area contributed by atoms with E-state index in [4.69, 9.17) is 9.73 Å². The molecular weight excluding hydrogens is 380 g/mol. The Hall–Kier alpha value is -2.05. The van der Waals surface area contributed by atoms with Crippen LogP contribution in [0.1, 0.15) is 31.7 Å².